The molecule has 1 aromatic carbocycles. The van der Waals surface area contributed by atoms with Gasteiger partial charge in [-0.3, -0.25) is 9.78 Å². The molecule has 1 aliphatic rings. The summed E-state index contributed by atoms with van der Waals surface area (Å²) in [6, 6.07) is 13.6. The van der Waals surface area contributed by atoms with Crippen molar-refractivity contribution in [2.24, 2.45) is 11.7 Å². The number of fused-ring (bicyclic) bond motifs is 1. The summed E-state index contributed by atoms with van der Waals surface area (Å²) in [6.07, 6.45) is 6.66. The minimum absolute atomic E-state index is 0.0516. The maximum Gasteiger partial charge on any atom is 0.252 e. The van der Waals surface area contributed by atoms with E-state index in [-0.39, 0.29) is 11.9 Å². The van der Waals surface area contributed by atoms with Crippen LogP contribution in [0.2, 0.25) is 0 Å². The lowest BCUT2D eigenvalue weighted by atomic mass is 10.0. The molecule has 0 aliphatic heterocycles. The molecule has 1 aliphatic carbocycles. The van der Waals surface area contributed by atoms with E-state index in [1.807, 2.05) is 42.5 Å². The summed E-state index contributed by atoms with van der Waals surface area (Å²) >= 11 is 0. The third kappa shape index (κ3) is 3.18. The van der Waals surface area contributed by atoms with Crippen molar-refractivity contribution in [1.82, 2.24) is 15.3 Å². The Labute approximate surface area is 152 Å². The van der Waals surface area contributed by atoms with Crippen molar-refractivity contribution in [3.05, 3.63) is 60.4 Å². The number of amides is 1. The first-order chi connectivity index (χ1) is 12.8. The van der Waals surface area contributed by atoms with Crippen molar-refractivity contribution < 1.29 is 4.79 Å². The number of aromatic nitrogens is 2. The highest BCUT2D eigenvalue weighted by Gasteiger charge is 2.28. The van der Waals surface area contributed by atoms with Crippen LogP contribution in [0.4, 0.5) is 0 Å². The van der Waals surface area contributed by atoms with Gasteiger partial charge >= 0.3 is 0 Å². The average Bonchev–Trinajstić information content (AvgIpc) is 3.14. The van der Waals surface area contributed by atoms with Gasteiger partial charge in [-0.15, -0.1) is 0 Å². The Kier molecular flexibility index (Phi) is 4.63. The number of hydrogen-bond donors (Lipinski definition) is 2. The summed E-state index contributed by atoms with van der Waals surface area (Å²) in [6.45, 7) is 0.615. The van der Waals surface area contributed by atoms with E-state index in [0.29, 0.717) is 18.0 Å². The topological polar surface area (TPSA) is 80.9 Å². The van der Waals surface area contributed by atoms with Gasteiger partial charge in [-0.25, -0.2) is 4.98 Å². The summed E-state index contributed by atoms with van der Waals surface area (Å²) in [5.74, 6) is 0.316. The van der Waals surface area contributed by atoms with Gasteiger partial charge in [0.1, 0.15) is 0 Å². The smallest absolute Gasteiger partial charge is 0.252 e. The molecule has 1 fully saturated rings. The Morgan fingerprint density at radius 3 is 2.77 bits per heavy atom. The largest absolute Gasteiger partial charge is 0.349 e. The maximum absolute atomic E-state index is 13.1. The number of nitrogens with zero attached hydrogens (tertiary/aromatic N) is 2. The summed E-state index contributed by atoms with van der Waals surface area (Å²) in [5.41, 5.74) is 9.05. The Balaban J connectivity index is 1.74. The molecule has 26 heavy (non-hydrogen) atoms. The lowest BCUT2D eigenvalue weighted by Gasteiger charge is -2.20. The molecule has 2 heterocycles. The maximum atomic E-state index is 13.1. The number of hydrogen-bond acceptors (Lipinski definition) is 4. The van der Waals surface area contributed by atoms with Crippen LogP contribution >= 0.6 is 0 Å². The van der Waals surface area contributed by atoms with Crippen molar-refractivity contribution in [2.75, 3.05) is 6.54 Å². The van der Waals surface area contributed by atoms with Crippen molar-refractivity contribution in [3.8, 4) is 11.3 Å². The van der Waals surface area contributed by atoms with Gasteiger partial charge in [0.2, 0.25) is 0 Å². The monoisotopic (exact) mass is 346 g/mol. The van der Waals surface area contributed by atoms with Gasteiger partial charge in [-0.05, 0) is 49.6 Å². The molecule has 0 radical (unpaired) electrons. The quantitative estimate of drug-likeness (QED) is 0.760. The third-order valence-corrected chi connectivity index (χ3v) is 5.22. The fourth-order valence-corrected chi connectivity index (χ4v) is 3.79. The third-order valence-electron chi connectivity index (χ3n) is 5.22. The molecule has 2 unspecified atom stereocenters. The van der Waals surface area contributed by atoms with E-state index in [4.69, 9.17) is 10.7 Å². The van der Waals surface area contributed by atoms with E-state index in [1.165, 1.54) is 0 Å². The minimum atomic E-state index is -0.0516. The number of nitrogens with two attached hydrogens (primary N) is 1. The molecule has 5 heteroatoms. The van der Waals surface area contributed by atoms with E-state index in [1.54, 1.807) is 12.4 Å². The van der Waals surface area contributed by atoms with Crippen LogP contribution in [0.5, 0.6) is 0 Å². The average molecular weight is 346 g/mol. The van der Waals surface area contributed by atoms with Gasteiger partial charge in [-0.1, -0.05) is 24.6 Å². The molecule has 132 valence electrons. The molecular weight excluding hydrogens is 324 g/mol. The number of benzene rings is 1. The SMILES string of the molecule is NCC1CCCC1NC(=O)c1cc(-c2ccncc2)nc2ccccc12. The first-order valence-electron chi connectivity index (χ1n) is 9.07. The number of carbonyl (C=O) groups is 1. The first kappa shape index (κ1) is 16.7. The van der Waals surface area contributed by atoms with Crippen LogP contribution in [0.25, 0.3) is 22.2 Å². The lowest BCUT2D eigenvalue weighted by molar-refractivity contribution is 0.0930. The van der Waals surface area contributed by atoms with Crippen LogP contribution in [0.3, 0.4) is 0 Å². The van der Waals surface area contributed by atoms with Gasteiger partial charge in [-0.2, -0.15) is 0 Å². The zero-order valence-corrected chi connectivity index (χ0v) is 14.6. The molecule has 5 nitrogen and oxygen atoms in total. The van der Waals surface area contributed by atoms with Crippen molar-refractivity contribution in [2.45, 2.75) is 25.3 Å². The van der Waals surface area contributed by atoms with Gasteiger partial charge in [0, 0.05) is 29.4 Å². The number of nitrogens with one attached hydrogen (secondary N) is 1. The van der Waals surface area contributed by atoms with Crippen molar-refractivity contribution in [1.29, 1.82) is 0 Å². The molecule has 0 spiro atoms. The summed E-state index contributed by atoms with van der Waals surface area (Å²) in [7, 11) is 0. The van der Waals surface area contributed by atoms with Crippen LogP contribution in [-0.2, 0) is 0 Å². The van der Waals surface area contributed by atoms with Gasteiger partial charge in [0.05, 0.1) is 16.8 Å². The van der Waals surface area contributed by atoms with E-state index >= 15 is 0 Å². The van der Waals surface area contributed by atoms with Crippen molar-refractivity contribution >= 4 is 16.8 Å². The van der Waals surface area contributed by atoms with E-state index in [0.717, 1.165) is 41.4 Å². The molecule has 4 rings (SSSR count). The molecule has 0 bridgehead atoms. The predicted octanol–water partition coefficient (Wildman–Crippen LogP) is 3.15. The molecule has 2 aromatic heterocycles. The number of para-hydroxylation sites is 1. The highest BCUT2D eigenvalue weighted by Crippen LogP contribution is 2.27. The molecular formula is C21H22N4O. The van der Waals surface area contributed by atoms with Gasteiger partial charge < -0.3 is 11.1 Å². The standard InChI is InChI=1S/C21H22N4O/c22-13-15-4-3-7-18(15)25-21(26)17-12-20(14-8-10-23-11-9-14)24-19-6-2-1-5-16(17)19/h1-2,5-6,8-12,15,18H,3-4,7,13,22H2,(H,25,26). The zero-order valence-electron chi connectivity index (χ0n) is 14.6. The Morgan fingerprint density at radius 2 is 1.96 bits per heavy atom. The van der Waals surface area contributed by atoms with Gasteiger partial charge in [0.25, 0.3) is 5.91 Å². The van der Waals surface area contributed by atoms with E-state index < -0.39 is 0 Å². The summed E-state index contributed by atoms with van der Waals surface area (Å²) < 4.78 is 0. The molecule has 3 N–H and O–H groups in total. The van der Waals surface area contributed by atoms with E-state index in [2.05, 4.69) is 10.3 Å². The number of rotatable bonds is 4. The number of pyridine rings is 2. The molecule has 0 saturated heterocycles. The van der Waals surface area contributed by atoms with Crippen LogP contribution in [0, 0.1) is 5.92 Å². The molecule has 1 saturated carbocycles. The Hall–Kier alpha value is -2.79. The van der Waals surface area contributed by atoms with Crippen LogP contribution < -0.4 is 11.1 Å². The second-order valence-corrected chi connectivity index (χ2v) is 6.81. The van der Waals surface area contributed by atoms with E-state index in [9.17, 15) is 4.79 Å². The molecule has 1 amide bonds. The van der Waals surface area contributed by atoms with Crippen LogP contribution in [-0.4, -0.2) is 28.5 Å². The fraction of sp³-hybridized carbons (Fsp3) is 0.286. The molecule has 2 atom stereocenters. The highest BCUT2D eigenvalue weighted by atomic mass is 16.1. The highest BCUT2D eigenvalue weighted by molar-refractivity contribution is 6.07. The summed E-state index contributed by atoms with van der Waals surface area (Å²) in [4.78, 5) is 21.8. The minimum Gasteiger partial charge on any atom is -0.349 e. The van der Waals surface area contributed by atoms with Gasteiger partial charge in [0.15, 0.2) is 0 Å². The zero-order chi connectivity index (χ0) is 17.9. The predicted molar refractivity (Wildman–Crippen MR) is 103 cm³/mol. The Morgan fingerprint density at radius 1 is 1.15 bits per heavy atom. The normalized spacial score (nSPS) is 19.6. The number of carbonyl (C=O) groups excluding carboxylic acids is 1. The Bertz CT molecular complexity index is 926. The fourth-order valence-electron chi connectivity index (χ4n) is 3.79. The molecule has 3 aromatic rings. The van der Waals surface area contributed by atoms with Crippen LogP contribution in [0.15, 0.2) is 54.9 Å². The van der Waals surface area contributed by atoms with Crippen LogP contribution in [0.1, 0.15) is 29.6 Å². The second kappa shape index (κ2) is 7.22. The lowest BCUT2D eigenvalue weighted by Crippen LogP contribution is -2.40. The first-order valence-corrected chi connectivity index (χ1v) is 9.07. The summed E-state index contributed by atoms with van der Waals surface area (Å²) in [5, 5.41) is 4.07. The second-order valence-electron chi connectivity index (χ2n) is 6.81. The van der Waals surface area contributed by atoms with Crippen molar-refractivity contribution in [3.63, 3.8) is 0 Å².